The van der Waals surface area contributed by atoms with Crippen LogP contribution < -0.4 is 10.5 Å². The van der Waals surface area contributed by atoms with E-state index in [1.54, 1.807) is 18.4 Å². The molecule has 102 valence electrons. The van der Waals surface area contributed by atoms with Gasteiger partial charge in [0.1, 0.15) is 5.75 Å². The molecule has 1 aromatic heterocycles. The van der Waals surface area contributed by atoms with Gasteiger partial charge in [0.15, 0.2) is 0 Å². The van der Waals surface area contributed by atoms with Crippen molar-refractivity contribution in [2.24, 2.45) is 5.73 Å². The summed E-state index contributed by atoms with van der Waals surface area (Å²) in [7, 11) is 1.69. The number of aryl methyl sites for hydroxylation is 1. The van der Waals surface area contributed by atoms with Crippen LogP contribution in [0.1, 0.15) is 22.7 Å². The van der Waals surface area contributed by atoms with Gasteiger partial charge in [-0.15, -0.1) is 11.3 Å². The van der Waals surface area contributed by atoms with Gasteiger partial charge in [-0.05, 0) is 40.9 Å². The van der Waals surface area contributed by atoms with Crippen molar-refractivity contribution in [1.82, 2.24) is 0 Å². The molecular weight excluding hydrogens is 266 g/mol. The fourth-order valence-electron chi connectivity index (χ4n) is 2.50. The largest absolute Gasteiger partial charge is 0.496 e. The van der Waals surface area contributed by atoms with Crippen molar-refractivity contribution >= 4 is 21.4 Å². The Morgan fingerprint density at radius 1 is 1.10 bits per heavy atom. The van der Waals surface area contributed by atoms with Crippen LogP contribution in [0, 0.1) is 6.92 Å². The molecule has 1 atom stereocenters. The molecule has 3 heteroatoms. The summed E-state index contributed by atoms with van der Waals surface area (Å²) in [6, 6.07) is 14.4. The van der Waals surface area contributed by atoms with Gasteiger partial charge in [0.2, 0.25) is 0 Å². The van der Waals surface area contributed by atoms with Crippen LogP contribution in [0.3, 0.4) is 0 Å². The van der Waals surface area contributed by atoms with Gasteiger partial charge in [-0.25, -0.2) is 0 Å². The van der Waals surface area contributed by atoms with Crippen LogP contribution in [0.5, 0.6) is 5.75 Å². The normalized spacial score (nSPS) is 12.6. The van der Waals surface area contributed by atoms with E-state index in [9.17, 15) is 0 Å². The highest BCUT2D eigenvalue weighted by Gasteiger charge is 2.16. The highest BCUT2D eigenvalue weighted by Crippen LogP contribution is 2.34. The Morgan fingerprint density at radius 3 is 2.75 bits per heavy atom. The molecule has 0 fully saturated rings. The van der Waals surface area contributed by atoms with E-state index < -0.39 is 0 Å². The number of fused-ring (bicyclic) bond motifs is 1. The summed E-state index contributed by atoms with van der Waals surface area (Å²) in [6.45, 7) is 2.05. The Bertz CT molecular complexity index is 748. The van der Waals surface area contributed by atoms with Crippen molar-refractivity contribution in [3.8, 4) is 5.75 Å². The fraction of sp³-hybridized carbons (Fsp3) is 0.176. The van der Waals surface area contributed by atoms with Crippen molar-refractivity contribution in [2.45, 2.75) is 13.0 Å². The lowest BCUT2D eigenvalue weighted by Crippen LogP contribution is -2.13. The molecule has 0 saturated carbocycles. The second-order valence-electron chi connectivity index (χ2n) is 4.91. The summed E-state index contributed by atoms with van der Waals surface area (Å²) < 4.78 is 6.74. The molecule has 0 amide bonds. The van der Waals surface area contributed by atoms with E-state index in [1.165, 1.54) is 15.6 Å². The Kier molecular flexibility index (Phi) is 3.47. The summed E-state index contributed by atoms with van der Waals surface area (Å²) in [6.07, 6.45) is 0. The van der Waals surface area contributed by atoms with Crippen LogP contribution in [0.15, 0.2) is 47.8 Å². The maximum atomic E-state index is 6.49. The van der Waals surface area contributed by atoms with Gasteiger partial charge in [0.05, 0.1) is 13.2 Å². The SMILES string of the molecule is COc1cc(C)ccc1C(N)c1cccc2ccsc12. The minimum atomic E-state index is -0.173. The lowest BCUT2D eigenvalue weighted by Gasteiger charge is -2.17. The molecule has 20 heavy (non-hydrogen) atoms. The van der Waals surface area contributed by atoms with Gasteiger partial charge in [-0.3, -0.25) is 0 Å². The molecule has 3 rings (SSSR count). The molecular formula is C17H17NOS. The van der Waals surface area contributed by atoms with Gasteiger partial charge in [-0.2, -0.15) is 0 Å². The molecule has 0 bridgehead atoms. The Balaban J connectivity index is 2.13. The smallest absolute Gasteiger partial charge is 0.124 e. The lowest BCUT2D eigenvalue weighted by atomic mass is 9.97. The predicted molar refractivity (Wildman–Crippen MR) is 85.6 cm³/mol. The Labute approximate surface area is 122 Å². The molecule has 0 radical (unpaired) electrons. The van der Waals surface area contributed by atoms with Crippen LogP contribution in [0.25, 0.3) is 10.1 Å². The van der Waals surface area contributed by atoms with Gasteiger partial charge in [-0.1, -0.05) is 30.3 Å². The van der Waals surface area contributed by atoms with Crippen LogP contribution in [0.2, 0.25) is 0 Å². The zero-order valence-electron chi connectivity index (χ0n) is 11.6. The van der Waals surface area contributed by atoms with Crippen LogP contribution in [0.4, 0.5) is 0 Å². The number of nitrogens with two attached hydrogens (primary N) is 1. The van der Waals surface area contributed by atoms with E-state index in [2.05, 4.69) is 48.7 Å². The van der Waals surface area contributed by atoms with Crippen molar-refractivity contribution in [3.05, 3.63) is 64.5 Å². The molecule has 2 aromatic carbocycles. The monoisotopic (exact) mass is 283 g/mol. The highest BCUT2D eigenvalue weighted by atomic mass is 32.1. The molecule has 2 N–H and O–H groups in total. The van der Waals surface area contributed by atoms with Gasteiger partial charge in [0.25, 0.3) is 0 Å². The molecule has 3 aromatic rings. The molecule has 0 spiro atoms. The van der Waals surface area contributed by atoms with Crippen molar-refractivity contribution in [3.63, 3.8) is 0 Å². The third kappa shape index (κ3) is 2.19. The number of ether oxygens (including phenoxy) is 1. The van der Waals surface area contributed by atoms with E-state index in [0.29, 0.717) is 0 Å². The first-order valence-corrected chi connectivity index (χ1v) is 7.45. The van der Waals surface area contributed by atoms with E-state index in [-0.39, 0.29) is 6.04 Å². The molecule has 1 heterocycles. The summed E-state index contributed by atoms with van der Waals surface area (Å²) in [4.78, 5) is 0. The Morgan fingerprint density at radius 2 is 1.95 bits per heavy atom. The first kappa shape index (κ1) is 13.2. The first-order valence-electron chi connectivity index (χ1n) is 6.57. The predicted octanol–water partition coefficient (Wildman–Crippen LogP) is 4.27. The van der Waals surface area contributed by atoms with Gasteiger partial charge < -0.3 is 10.5 Å². The van der Waals surface area contributed by atoms with E-state index in [1.807, 2.05) is 6.07 Å². The summed E-state index contributed by atoms with van der Waals surface area (Å²) in [5.74, 6) is 0.853. The molecule has 0 saturated heterocycles. The maximum absolute atomic E-state index is 6.49. The van der Waals surface area contributed by atoms with Crippen molar-refractivity contribution < 1.29 is 4.74 Å². The second-order valence-corrected chi connectivity index (χ2v) is 5.83. The molecule has 2 nitrogen and oxygen atoms in total. The van der Waals surface area contributed by atoms with E-state index in [0.717, 1.165) is 16.9 Å². The average Bonchev–Trinajstić information content (AvgIpc) is 2.94. The molecule has 0 aliphatic carbocycles. The van der Waals surface area contributed by atoms with Crippen LogP contribution >= 0.6 is 11.3 Å². The second kappa shape index (κ2) is 5.27. The maximum Gasteiger partial charge on any atom is 0.124 e. The van der Waals surface area contributed by atoms with E-state index in [4.69, 9.17) is 10.5 Å². The number of methoxy groups -OCH3 is 1. The van der Waals surface area contributed by atoms with Gasteiger partial charge in [0, 0.05) is 10.3 Å². The third-order valence-electron chi connectivity index (χ3n) is 3.57. The Hall–Kier alpha value is -1.84. The zero-order valence-corrected chi connectivity index (χ0v) is 12.4. The summed E-state index contributed by atoms with van der Waals surface area (Å²) in [5.41, 5.74) is 9.85. The van der Waals surface area contributed by atoms with Crippen molar-refractivity contribution in [1.29, 1.82) is 0 Å². The minimum Gasteiger partial charge on any atom is -0.496 e. The van der Waals surface area contributed by atoms with E-state index >= 15 is 0 Å². The van der Waals surface area contributed by atoms with Crippen LogP contribution in [-0.2, 0) is 0 Å². The number of rotatable bonds is 3. The zero-order chi connectivity index (χ0) is 14.1. The summed E-state index contributed by atoms with van der Waals surface area (Å²) >= 11 is 1.73. The first-order chi connectivity index (χ1) is 9.70. The minimum absolute atomic E-state index is 0.173. The van der Waals surface area contributed by atoms with Crippen molar-refractivity contribution in [2.75, 3.05) is 7.11 Å². The quantitative estimate of drug-likeness (QED) is 0.779. The van der Waals surface area contributed by atoms with Gasteiger partial charge >= 0.3 is 0 Å². The lowest BCUT2D eigenvalue weighted by molar-refractivity contribution is 0.407. The highest BCUT2D eigenvalue weighted by molar-refractivity contribution is 7.17. The fourth-order valence-corrected chi connectivity index (χ4v) is 3.46. The number of hydrogen-bond donors (Lipinski definition) is 1. The third-order valence-corrected chi connectivity index (χ3v) is 4.55. The molecule has 0 aliphatic heterocycles. The molecule has 1 unspecified atom stereocenters. The van der Waals surface area contributed by atoms with Crippen LogP contribution in [-0.4, -0.2) is 7.11 Å². The number of hydrogen-bond acceptors (Lipinski definition) is 3. The number of benzene rings is 2. The standard InChI is InChI=1S/C17H17NOS/c1-11-6-7-13(15(10-11)19-2)16(18)14-5-3-4-12-8-9-20-17(12)14/h3-10,16H,18H2,1-2H3. The molecule has 0 aliphatic rings. The average molecular weight is 283 g/mol. The topological polar surface area (TPSA) is 35.2 Å². The summed E-state index contributed by atoms with van der Waals surface area (Å²) in [5, 5.41) is 3.35. The number of thiophene rings is 1.